The minimum absolute atomic E-state index is 0.0390. The molecule has 1 aromatic heterocycles. The summed E-state index contributed by atoms with van der Waals surface area (Å²) in [6.45, 7) is 0.632. The zero-order valence-electron chi connectivity index (χ0n) is 9.80. The van der Waals surface area contributed by atoms with Gasteiger partial charge in [0.15, 0.2) is 0 Å². The number of hydrogen-bond acceptors (Lipinski definition) is 4. The molecule has 0 fully saturated rings. The summed E-state index contributed by atoms with van der Waals surface area (Å²) in [7, 11) is 0. The second-order valence-corrected chi connectivity index (χ2v) is 5.16. The lowest BCUT2D eigenvalue weighted by Gasteiger charge is -2.04. The van der Waals surface area contributed by atoms with Crippen LogP contribution < -0.4 is 5.32 Å². The third-order valence-corrected chi connectivity index (χ3v) is 3.42. The third-order valence-electron chi connectivity index (χ3n) is 2.49. The predicted octanol–water partition coefficient (Wildman–Crippen LogP) is 2.33. The van der Waals surface area contributed by atoms with Crippen LogP contribution in [0.3, 0.4) is 0 Å². The molecule has 5 heteroatoms. The minimum atomic E-state index is 0.0390. The molecule has 0 unspecified atom stereocenters. The summed E-state index contributed by atoms with van der Waals surface area (Å²) in [5.74, 6) is 0.0390. The number of benzene rings is 1. The number of hydrogen-bond donors (Lipinski definition) is 2. The molecule has 94 valence electrons. The first-order valence-corrected chi connectivity index (χ1v) is 7.05. The van der Waals surface area contributed by atoms with Gasteiger partial charge in [-0.25, -0.2) is 4.98 Å². The van der Waals surface area contributed by atoms with Crippen LogP contribution in [0.5, 0.6) is 0 Å². The Kier molecular flexibility index (Phi) is 4.78. The summed E-state index contributed by atoms with van der Waals surface area (Å²) >= 11 is 5.78. The SMILES string of the molecule is O=C(Cc1ccc(S)cc1)NCCc1cscn1. The van der Waals surface area contributed by atoms with E-state index < -0.39 is 0 Å². The highest BCUT2D eigenvalue weighted by Gasteiger charge is 2.03. The number of nitrogens with one attached hydrogen (secondary N) is 1. The molecule has 3 nitrogen and oxygen atoms in total. The van der Waals surface area contributed by atoms with E-state index in [4.69, 9.17) is 0 Å². The normalized spacial score (nSPS) is 10.3. The highest BCUT2D eigenvalue weighted by atomic mass is 32.1. The number of carbonyl (C=O) groups is 1. The van der Waals surface area contributed by atoms with Crippen molar-refractivity contribution in [2.24, 2.45) is 0 Å². The number of thiol groups is 1. The summed E-state index contributed by atoms with van der Waals surface area (Å²) in [6, 6.07) is 7.62. The smallest absolute Gasteiger partial charge is 0.224 e. The molecule has 0 spiro atoms. The zero-order valence-corrected chi connectivity index (χ0v) is 11.5. The van der Waals surface area contributed by atoms with Crippen molar-refractivity contribution in [1.29, 1.82) is 0 Å². The fraction of sp³-hybridized carbons (Fsp3) is 0.231. The summed E-state index contributed by atoms with van der Waals surface area (Å²) in [5.41, 5.74) is 3.83. The van der Waals surface area contributed by atoms with Crippen LogP contribution in [0.25, 0.3) is 0 Å². The van der Waals surface area contributed by atoms with Gasteiger partial charge in [0.05, 0.1) is 17.6 Å². The Morgan fingerprint density at radius 2 is 2.11 bits per heavy atom. The maximum atomic E-state index is 11.7. The monoisotopic (exact) mass is 278 g/mol. The maximum Gasteiger partial charge on any atom is 0.224 e. The molecular formula is C13H14N2OS2. The summed E-state index contributed by atoms with van der Waals surface area (Å²) in [4.78, 5) is 16.7. The Bertz CT molecular complexity index is 494. The molecule has 0 aliphatic heterocycles. The van der Waals surface area contributed by atoms with Crippen molar-refractivity contribution in [1.82, 2.24) is 10.3 Å². The van der Waals surface area contributed by atoms with Crippen molar-refractivity contribution in [2.75, 3.05) is 6.54 Å². The lowest BCUT2D eigenvalue weighted by Crippen LogP contribution is -2.27. The van der Waals surface area contributed by atoms with Gasteiger partial charge in [0, 0.05) is 23.2 Å². The molecule has 2 aromatic rings. The van der Waals surface area contributed by atoms with Crippen LogP contribution in [0.4, 0.5) is 0 Å². The summed E-state index contributed by atoms with van der Waals surface area (Å²) < 4.78 is 0. The van der Waals surface area contributed by atoms with E-state index in [0.717, 1.165) is 22.6 Å². The third kappa shape index (κ3) is 4.16. The number of amides is 1. The van der Waals surface area contributed by atoms with Crippen molar-refractivity contribution >= 4 is 29.9 Å². The van der Waals surface area contributed by atoms with Gasteiger partial charge in [-0.2, -0.15) is 0 Å². The van der Waals surface area contributed by atoms with Crippen LogP contribution in [0.2, 0.25) is 0 Å². The van der Waals surface area contributed by atoms with Crippen molar-refractivity contribution in [3.63, 3.8) is 0 Å². The molecule has 0 saturated carbocycles. The molecule has 0 aliphatic rings. The van der Waals surface area contributed by atoms with Gasteiger partial charge < -0.3 is 5.32 Å². The Labute approximate surface area is 116 Å². The van der Waals surface area contributed by atoms with Crippen molar-refractivity contribution in [2.45, 2.75) is 17.7 Å². The Balaban J connectivity index is 1.73. The van der Waals surface area contributed by atoms with Crippen LogP contribution in [-0.4, -0.2) is 17.4 Å². The van der Waals surface area contributed by atoms with Crippen LogP contribution in [0.1, 0.15) is 11.3 Å². The van der Waals surface area contributed by atoms with Crippen molar-refractivity contribution in [3.05, 3.63) is 46.4 Å². The molecule has 0 aliphatic carbocycles. The van der Waals surface area contributed by atoms with Crippen molar-refractivity contribution in [3.8, 4) is 0 Å². The Morgan fingerprint density at radius 1 is 1.33 bits per heavy atom. The Morgan fingerprint density at radius 3 is 2.78 bits per heavy atom. The predicted molar refractivity (Wildman–Crippen MR) is 76.2 cm³/mol. The second-order valence-electron chi connectivity index (χ2n) is 3.92. The number of thiazole rings is 1. The van der Waals surface area contributed by atoms with E-state index >= 15 is 0 Å². The fourth-order valence-corrected chi connectivity index (χ4v) is 2.29. The van der Waals surface area contributed by atoms with E-state index in [9.17, 15) is 4.79 Å². The van der Waals surface area contributed by atoms with Crippen LogP contribution in [0, 0.1) is 0 Å². The molecular weight excluding hydrogens is 264 g/mol. The van der Waals surface area contributed by atoms with Gasteiger partial charge in [-0.1, -0.05) is 12.1 Å². The van der Waals surface area contributed by atoms with Gasteiger partial charge in [-0.15, -0.1) is 24.0 Å². The van der Waals surface area contributed by atoms with Crippen LogP contribution in [-0.2, 0) is 17.6 Å². The topological polar surface area (TPSA) is 42.0 Å². The van der Waals surface area contributed by atoms with Gasteiger partial charge in [-0.05, 0) is 17.7 Å². The number of aromatic nitrogens is 1. The summed E-state index contributed by atoms with van der Waals surface area (Å²) in [5, 5.41) is 4.89. The first-order chi connectivity index (χ1) is 8.74. The van der Waals surface area contributed by atoms with Gasteiger partial charge in [0.2, 0.25) is 5.91 Å². The van der Waals surface area contributed by atoms with E-state index in [1.807, 2.05) is 29.6 Å². The van der Waals surface area contributed by atoms with Gasteiger partial charge in [-0.3, -0.25) is 4.79 Å². The van der Waals surface area contributed by atoms with Gasteiger partial charge in [0.1, 0.15) is 0 Å². The van der Waals surface area contributed by atoms with E-state index in [1.165, 1.54) is 0 Å². The molecule has 0 saturated heterocycles. The van der Waals surface area contributed by atoms with Crippen LogP contribution >= 0.6 is 24.0 Å². The molecule has 0 atom stereocenters. The molecule has 0 bridgehead atoms. The highest BCUT2D eigenvalue weighted by molar-refractivity contribution is 7.80. The molecule has 1 N–H and O–H groups in total. The first-order valence-electron chi connectivity index (χ1n) is 5.66. The van der Waals surface area contributed by atoms with Crippen LogP contribution in [0.15, 0.2) is 40.1 Å². The molecule has 1 amide bonds. The zero-order chi connectivity index (χ0) is 12.8. The average Bonchev–Trinajstić information content (AvgIpc) is 2.85. The van der Waals surface area contributed by atoms with Crippen molar-refractivity contribution < 1.29 is 4.79 Å². The second kappa shape index (κ2) is 6.56. The van der Waals surface area contributed by atoms with E-state index in [-0.39, 0.29) is 5.91 Å². The quantitative estimate of drug-likeness (QED) is 0.824. The molecule has 1 aromatic carbocycles. The average molecular weight is 278 g/mol. The maximum absolute atomic E-state index is 11.7. The molecule has 1 heterocycles. The number of rotatable bonds is 5. The van der Waals surface area contributed by atoms with Gasteiger partial charge >= 0.3 is 0 Å². The molecule has 18 heavy (non-hydrogen) atoms. The lowest BCUT2D eigenvalue weighted by molar-refractivity contribution is -0.120. The number of nitrogens with zero attached hydrogens (tertiary/aromatic N) is 1. The van der Waals surface area contributed by atoms with Gasteiger partial charge in [0.25, 0.3) is 0 Å². The minimum Gasteiger partial charge on any atom is -0.355 e. The van der Waals surface area contributed by atoms with E-state index in [1.54, 1.807) is 16.8 Å². The first kappa shape index (κ1) is 13.1. The van der Waals surface area contributed by atoms with E-state index in [2.05, 4.69) is 22.9 Å². The molecule has 2 rings (SSSR count). The standard InChI is InChI=1S/C13H14N2OS2/c16-13(7-10-1-3-12(17)4-2-10)14-6-5-11-8-18-9-15-11/h1-4,8-9,17H,5-7H2,(H,14,16). The fourth-order valence-electron chi connectivity index (χ4n) is 1.55. The Hall–Kier alpha value is -1.33. The number of carbonyl (C=O) groups excluding carboxylic acids is 1. The summed E-state index contributed by atoms with van der Waals surface area (Å²) in [6.07, 6.45) is 1.19. The largest absolute Gasteiger partial charge is 0.355 e. The molecule has 0 radical (unpaired) electrons. The lowest BCUT2D eigenvalue weighted by atomic mass is 10.1. The van der Waals surface area contributed by atoms with E-state index in [0.29, 0.717) is 13.0 Å². The highest BCUT2D eigenvalue weighted by Crippen LogP contribution is 2.08.